The molecular weight excluding hydrogens is 295 g/mol. The highest BCUT2D eigenvalue weighted by molar-refractivity contribution is 6.33. The predicted octanol–water partition coefficient (Wildman–Crippen LogP) is 3.26. The third kappa shape index (κ3) is 2.67. The highest BCUT2D eigenvalue weighted by atomic mass is 35.5. The lowest BCUT2D eigenvalue weighted by molar-refractivity contribution is -0.132. The minimum atomic E-state index is -0.150. The van der Waals surface area contributed by atoms with Crippen LogP contribution in [0, 0.1) is 5.41 Å². The van der Waals surface area contributed by atoms with Crippen molar-refractivity contribution in [1.29, 1.82) is 0 Å². The number of carbonyl (C=O) groups is 1. The highest BCUT2D eigenvalue weighted by Gasteiger charge is 2.44. The molecule has 5 heteroatoms. The number of carbonyl (C=O) groups excluding carboxylic acids is 1. The number of benzene rings is 1. The Kier molecular flexibility index (Phi) is 4.95. The summed E-state index contributed by atoms with van der Waals surface area (Å²) < 4.78 is 0. The summed E-state index contributed by atoms with van der Waals surface area (Å²) in [6, 6.07) is 7.65. The first-order chi connectivity index (χ1) is 9.23. The molecule has 0 bridgehead atoms. The number of para-hydroxylation sites is 1. The molecular formula is C15H20Cl2N2O. The predicted molar refractivity (Wildman–Crippen MR) is 84.8 cm³/mol. The van der Waals surface area contributed by atoms with E-state index in [0.717, 1.165) is 51.0 Å². The van der Waals surface area contributed by atoms with Crippen LogP contribution in [-0.2, 0) is 4.79 Å². The Bertz CT molecular complexity index is 481. The maximum absolute atomic E-state index is 12.9. The van der Waals surface area contributed by atoms with E-state index in [4.69, 9.17) is 11.6 Å². The van der Waals surface area contributed by atoms with E-state index in [1.807, 2.05) is 29.2 Å². The maximum Gasteiger partial charge on any atom is 0.233 e. The van der Waals surface area contributed by atoms with E-state index in [1.165, 1.54) is 0 Å². The summed E-state index contributed by atoms with van der Waals surface area (Å²) in [5.74, 6) is 0.272. The van der Waals surface area contributed by atoms with Crippen LogP contribution in [0.4, 0.5) is 5.69 Å². The molecule has 1 N–H and O–H groups in total. The molecule has 1 aromatic rings. The summed E-state index contributed by atoms with van der Waals surface area (Å²) in [6.45, 7) is 2.68. The molecule has 2 aliphatic rings. The number of nitrogens with one attached hydrogen (secondary N) is 1. The van der Waals surface area contributed by atoms with E-state index in [0.29, 0.717) is 5.02 Å². The molecule has 2 saturated heterocycles. The van der Waals surface area contributed by atoms with E-state index in [9.17, 15) is 4.79 Å². The van der Waals surface area contributed by atoms with Gasteiger partial charge < -0.3 is 10.2 Å². The third-order valence-corrected chi connectivity index (χ3v) is 4.76. The van der Waals surface area contributed by atoms with Gasteiger partial charge in [-0.25, -0.2) is 0 Å². The molecule has 2 aliphatic heterocycles. The van der Waals surface area contributed by atoms with Crippen molar-refractivity contribution >= 4 is 35.6 Å². The Labute approximate surface area is 131 Å². The monoisotopic (exact) mass is 314 g/mol. The van der Waals surface area contributed by atoms with Gasteiger partial charge in [0.1, 0.15) is 0 Å². The molecule has 0 aliphatic carbocycles. The summed E-state index contributed by atoms with van der Waals surface area (Å²) in [4.78, 5) is 14.8. The zero-order valence-corrected chi connectivity index (χ0v) is 13.0. The molecule has 1 aromatic carbocycles. The summed E-state index contributed by atoms with van der Waals surface area (Å²) in [6.07, 6.45) is 3.99. The Balaban J connectivity index is 0.00000147. The molecule has 2 fully saturated rings. The van der Waals surface area contributed by atoms with Crippen LogP contribution >= 0.6 is 24.0 Å². The van der Waals surface area contributed by atoms with Gasteiger partial charge in [0.05, 0.1) is 16.1 Å². The first kappa shape index (κ1) is 15.6. The zero-order chi connectivity index (χ0) is 13.3. The van der Waals surface area contributed by atoms with Crippen LogP contribution in [0.25, 0.3) is 0 Å². The first-order valence-electron chi connectivity index (χ1n) is 7.00. The van der Waals surface area contributed by atoms with Crippen LogP contribution in [0.15, 0.2) is 24.3 Å². The van der Waals surface area contributed by atoms with Crippen molar-refractivity contribution in [2.45, 2.75) is 25.7 Å². The molecule has 20 heavy (non-hydrogen) atoms. The van der Waals surface area contributed by atoms with Crippen molar-refractivity contribution in [3.05, 3.63) is 29.3 Å². The van der Waals surface area contributed by atoms with Gasteiger partial charge in [-0.05, 0) is 50.9 Å². The van der Waals surface area contributed by atoms with E-state index in [1.54, 1.807) is 0 Å². The second-order valence-corrected chi connectivity index (χ2v) is 5.95. The molecule has 2 heterocycles. The van der Waals surface area contributed by atoms with Crippen molar-refractivity contribution in [3.63, 3.8) is 0 Å². The van der Waals surface area contributed by atoms with Gasteiger partial charge in [-0.2, -0.15) is 0 Å². The largest absolute Gasteiger partial charge is 0.317 e. The molecule has 3 nitrogen and oxygen atoms in total. The molecule has 0 atom stereocenters. The number of piperidine rings is 2. The number of halogens is 2. The van der Waals surface area contributed by atoms with E-state index < -0.39 is 0 Å². The average molecular weight is 315 g/mol. The number of rotatable bonds is 1. The Morgan fingerprint density at radius 3 is 2.55 bits per heavy atom. The smallest absolute Gasteiger partial charge is 0.233 e. The lowest BCUT2D eigenvalue weighted by Gasteiger charge is -2.44. The minimum absolute atomic E-state index is 0. The Hall–Kier alpha value is -0.770. The number of amides is 1. The van der Waals surface area contributed by atoms with Crippen LogP contribution in [0.3, 0.4) is 0 Å². The Morgan fingerprint density at radius 2 is 1.85 bits per heavy atom. The van der Waals surface area contributed by atoms with Gasteiger partial charge in [0.2, 0.25) is 5.91 Å². The number of hydrogen-bond donors (Lipinski definition) is 1. The van der Waals surface area contributed by atoms with Gasteiger partial charge in [0.15, 0.2) is 0 Å². The van der Waals surface area contributed by atoms with Crippen molar-refractivity contribution in [2.75, 3.05) is 24.5 Å². The fraction of sp³-hybridized carbons (Fsp3) is 0.533. The second kappa shape index (κ2) is 6.33. The lowest BCUT2D eigenvalue weighted by Crippen LogP contribution is -2.53. The van der Waals surface area contributed by atoms with E-state index in [2.05, 4.69) is 5.32 Å². The molecule has 0 unspecified atom stereocenters. The lowest BCUT2D eigenvalue weighted by atomic mass is 9.72. The van der Waals surface area contributed by atoms with Gasteiger partial charge in [0.25, 0.3) is 0 Å². The third-order valence-electron chi connectivity index (χ3n) is 4.44. The first-order valence-corrected chi connectivity index (χ1v) is 7.38. The van der Waals surface area contributed by atoms with Crippen molar-refractivity contribution in [1.82, 2.24) is 5.32 Å². The van der Waals surface area contributed by atoms with Gasteiger partial charge >= 0.3 is 0 Å². The van der Waals surface area contributed by atoms with Crippen LogP contribution in [0.1, 0.15) is 25.7 Å². The highest BCUT2D eigenvalue weighted by Crippen LogP contribution is 2.41. The van der Waals surface area contributed by atoms with Gasteiger partial charge in [-0.15, -0.1) is 12.4 Å². The van der Waals surface area contributed by atoms with Gasteiger partial charge in [0, 0.05) is 6.54 Å². The average Bonchev–Trinajstić information content (AvgIpc) is 2.44. The molecule has 3 rings (SSSR count). The number of hydrogen-bond acceptors (Lipinski definition) is 2. The molecule has 1 spiro atoms. The fourth-order valence-electron chi connectivity index (χ4n) is 3.34. The van der Waals surface area contributed by atoms with E-state index >= 15 is 0 Å². The van der Waals surface area contributed by atoms with Crippen LogP contribution in [-0.4, -0.2) is 25.5 Å². The normalized spacial score (nSPS) is 21.6. The van der Waals surface area contributed by atoms with Crippen molar-refractivity contribution < 1.29 is 4.79 Å². The fourth-order valence-corrected chi connectivity index (χ4v) is 3.58. The van der Waals surface area contributed by atoms with Gasteiger partial charge in [-0.3, -0.25) is 4.79 Å². The van der Waals surface area contributed by atoms with E-state index in [-0.39, 0.29) is 23.7 Å². The van der Waals surface area contributed by atoms with Gasteiger partial charge in [-0.1, -0.05) is 23.7 Å². The SMILES string of the molecule is Cl.O=C1N(c2ccccc2Cl)CCCC12CCNCC2. The van der Waals surface area contributed by atoms with Crippen LogP contribution in [0.2, 0.25) is 5.02 Å². The quantitative estimate of drug-likeness (QED) is 0.863. The minimum Gasteiger partial charge on any atom is -0.317 e. The van der Waals surface area contributed by atoms with Crippen LogP contribution < -0.4 is 10.2 Å². The molecule has 1 amide bonds. The zero-order valence-electron chi connectivity index (χ0n) is 11.4. The maximum atomic E-state index is 12.9. The van der Waals surface area contributed by atoms with Crippen LogP contribution in [0.5, 0.6) is 0 Å². The standard InChI is InChI=1S/C15H19ClN2O.ClH/c16-12-4-1-2-5-13(12)18-11-3-6-15(14(18)19)7-9-17-10-8-15;/h1-2,4-5,17H,3,6-11H2;1H. The Morgan fingerprint density at radius 1 is 1.15 bits per heavy atom. The molecule has 110 valence electrons. The molecule has 0 radical (unpaired) electrons. The number of anilines is 1. The second-order valence-electron chi connectivity index (χ2n) is 5.54. The summed E-state index contributed by atoms with van der Waals surface area (Å²) in [7, 11) is 0. The van der Waals surface area contributed by atoms with Crippen molar-refractivity contribution in [2.24, 2.45) is 5.41 Å². The molecule has 0 saturated carbocycles. The molecule has 0 aromatic heterocycles. The van der Waals surface area contributed by atoms with Crippen molar-refractivity contribution in [3.8, 4) is 0 Å². The topological polar surface area (TPSA) is 32.3 Å². The summed E-state index contributed by atoms with van der Waals surface area (Å²) >= 11 is 6.24. The summed E-state index contributed by atoms with van der Waals surface area (Å²) in [5, 5.41) is 4.01. The summed E-state index contributed by atoms with van der Waals surface area (Å²) in [5.41, 5.74) is 0.717. The number of nitrogens with zero attached hydrogens (tertiary/aromatic N) is 1.